The number of fused-ring (bicyclic) bond motifs is 1. The molecule has 0 saturated heterocycles. The van der Waals surface area contributed by atoms with Crippen molar-refractivity contribution in [2.75, 3.05) is 0 Å². The van der Waals surface area contributed by atoms with Crippen molar-refractivity contribution in [2.45, 2.75) is 24.4 Å². The van der Waals surface area contributed by atoms with Crippen molar-refractivity contribution in [3.63, 3.8) is 0 Å². The molecule has 0 spiro atoms. The van der Waals surface area contributed by atoms with Gasteiger partial charge < -0.3 is 19.6 Å². The predicted octanol–water partition coefficient (Wildman–Crippen LogP) is 0.382. The van der Waals surface area contributed by atoms with E-state index in [1.807, 2.05) is 24.3 Å². The zero-order valence-corrected chi connectivity index (χ0v) is 11.7. The van der Waals surface area contributed by atoms with Crippen LogP contribution in [0.4, 0.5) is 0 Å². The zero-order chi connectivity index (χ0) is 14.3. The lowest BCUT2D eigenvalue weighted by atomic mass is 10.1. The summed E-state index contributed by atoms with van der Waals surface area (Å²) in [4.78, 5) is 36.2. The summed E-state index contributed by atoms with van der Waals surface area (Å²) in [5, 5.41) is 2.42. The van der Waals surface area contributed by atoms with Crippen molar-refractivity contribution in [1.29, 1.82) is 0 Å². The topological polar surface area (TPSA) is 127 Å². The van der Waals surface area contributed by atoms with Crippen molar-refractivity contribution in [1.82, 2.24) is 5.32 Å². The molecule has 5 N–H and O–H groups in total. The Bertz CT molecular complexity index is 518. The van der Waals surface area contributed by atoms with E-state index in [2.05, 4.69) is 5.32 Å². The van der Waals surface area contributed by atoms with Crippen molar-refractivity contribution in [3.8, 4) is 0 Å². The summed E-state index contributed by atoms with van der Waals surface area (Å²) in [5.41, 5.74) is -0.0929. The van der Waals surface area contributed by atoms with Crippen molar-refractivity contribution in [2.24, 2.45) is 0 Å². The first-order valence-corrected chi connectivity index (χ1v) is 8.97. The van der Waals surface area contributed by atoms with Crippen LogP contribution in [0.1, 0.15) is 11.1 Å². The maximum absolute atomic E-state index is 11.2. The molecular weight excluding hydrogens is 292 g/mol. The highest BCUT2D eigenvalue weighted by Gasteiger charge is 2.45. The molecule has 1 aliphatic rings. The van der Waals surface area contributed by atoms with Gasteiger partial charge in [-0.2, -0.15) is 0 Å². The van der Waals surface area contributed by atoms with Crippen LogP contribution in [0.15, 0.2) is 24.3 Å². The van der Waals surface area contributed by atoms with Crippen molar-refractivity contribution >= 4 is 15.2 Å². The van der Waals surface area contributed by atoms with Gasteiger partial charge in [-0.1, -0.05) is 24.3 Å². The number of hydrogen-bond acceptors (Lipinski definition) is 3. The van der Waals surface area contributed by atoms with E-state index < -0.39 is 20.7 Å². The lowest BCUT2D eigenvalue weighted by Gasteiger charge is -2.24. The first-order valence-electron chi connectivity index (χ1n) is 5.61. The van der Waals surface area contributed by atoms with Gasteiger partial charge in [-0.05, 0) is 24.0 Å². The van der Waals surface area contributed by atoms with Gasteiger partial charge in [0.05, 0.1) is 0 Å². The minimum absolute atomic E-state index is 0.386. The number of hydrogen-bond donors (Lipinski definition) is 5. The van der Waals surface area contributed by atoms with Gasteiger partial charge in [-0.15, -0.1) is 0 Å². The molecule has 0 heterocycles. The lowest BCUT2D eigenvalue weighted by Crippen LogP contribution is -2.38. The molecule has 7 nitrogen and oxygen atoms in total. The molecule has 0 atom stereocenters. The molecule has 1 aromatic carbocycles. The van der Waals surface area contributed by atoms with E-state index in [1.165, 1.54) is 0 Å². The van der Waals surface area contributed by atoms with E-state index >= 15 is 0 Å². The van der Waals surface area contributed by atoms with E-state index in [0.717, 1.165) is 11.1 Å². The van der Waals surface area contributed by atoms with E-state index in [9.17, 15) is 9.13 Å². The molecule has 0 aliphatic heterocycles. The molecule has 0 unspecified atom stereocenters. The SMILES string of the molecule is O=P(O)(O)C(NC1Cc2ccccc2C1)P(=O)(O)O. The highest BCUT2D eigenvalue weighted by Crippen LogP contribution is 2.58. The Labute approximate surface area is 110 Å². The summed E-state index contributed by atoms with van der Waals surface area (Å²) in [6.07, 6.45) is 0.985. The molecule has 1 aliphatic carbocycles. The van der Waals surface area contributed by atoms with Gasteiger partial charge in [0.25, 0.3) is 0 Å². The maximum atomic E-state index is 11.2. The van der Waals surface area contributed by atoms with Gasteiger partial charge >= 0.3 is 15.2 Å². The van der Waals surface area contributed by atoms with Gasteiger partial charge in [0.15, 0.2) is 0 Å². The molecule has 0 radical (unpaired) electrons. The lowest BCUT2D eigenvalue weighted by molar-refractivity contribution is 0.320. The highest BCUT2D eigenvalue weighted by atomic mass is 31.2. The molecule has 0 amide bonds. The standard InChI is InChI=1S/C10H15NO6P2/c12-18(13,14)10(19(15,16)17)11-9-5-7-3-1-2-4-8(7)6-9/h1-4,9-11H,5-6H2,(H2,12,13,14)(H2,15,16,17). The normalized spacial score (nSPS) is 16.9. The minimum atomic E-state index is -4.92. The summed E-state index contributed by atoms with van der Waals surface area (Å²) in [6.45, 7) is 0. The van der Waals surface area contributed by atoms with Crippen LogP contribution in [-0.2, 0) is 22.0 Å². The first-order chi connectivity index (χ1) is 8.68. The van der Waals surface area contributed by atoms with Crippen LogP contribution in [0.25, 0.3) is 0 Å². The highest BCUT2D eigenvalue weighted by molar-refractivity contribution is 7.70. The summed E-state index contributed by atoms with van der Waals surface area (Å²) >= 11 is 0. The first kappa shape index (κ1) is 14.9. The van der Waals surface area contributed by atoms with Crippen LogP contribution in [0.5, 0.6) is 0 Å². The average Bonchev–Trinajstić information content (AvgIpc) is 2.65. The molecule has 9 heteroatoms. The van der Waals surface area contributed by atoms with E-state index in [4.69, 9.17) is 19.6 Å². The Kier molecular flexibility index (Phi) is 4.00. The van der Waals surface area contributed by atoms with E-state index in [0.29, 0.717) is 12.8 Å². The molecule has 2 rings (SSSR count). The molecule has 0 saturated carbocycles. The fourth-order valence-electron chi connectivity index (χ4n) is 2.28. The second kappa shape index (κ2) is 5.11. The average molecular weight is 307 g/mol. The predicted molar refractivity (Wildman–Crippen MR) is 68.6 cm³/mol. The number of nitrogens with one attached hydrogen (secondary N) is 1. The summed E-state index contributed by atoms with van der Waals surface area (Å²) in [6, 6.07) is 7.10. The third kappa shape index (κ3) is 3.52. The Balaban J connectivity index is 2.14. The summed E-state index contributed by atoms with van der Waals surface area (Å²) in [5.74, 6) is 0. The van der Waals surface area contributed by atoms with Gasteiger partial charge in [0.1, 0.15) is 0 Å². The fraction of sp³-hybridized carbons (Fsp3) is 0.400. The second-order valence-corrected chi connectivity index (χ2v) is 8.39. The quantitative estimate of drug-likeness (QED) is 0.509. The molecule has 0 fully saturated rings. The van der Waals surface area contributed by atoms with Crippen LogP contribution >= 0.6 is 15.2 Å². The van der Waals surface area contributed by atoms with Crippen LogP contribution in [-0.4, -0.2) is 31.1 Å². The molecule has 0 bridgehead atoms. The second-order valence-electron chi connectivity index (χ2n) is 4.59. The molecule has 19 heavy (non-hydrogen) atoms. The third-order valence-corrected chi connectivity index (χ3v) is 6.45. The van der Waals surface area contributed by atoms with Crippen molar-refractivity contribution < 1.29 is 28.7 Å². The minimum Gasteiger partial charge on any atom is -0.323 e. The smallest absolute Gasteiger partial charge is 0.323 e. The summed E-state index contributed by atoms with van der Waals surface area (Å²) < 4.78 is 22.4. The van der Waals surface area contributed by atoms with Crippen LogP contribution < -0.4 is 5.32 Å². The Hall–Kier alpha value is -0.520. The molecule has 1 aromatic rings. The van der Waals surface area contributed by atoms with Gasteiger partial charge in [0, 0.05) is 6.04 Å². The summed E-state index contributed by atoms with van der Waals surface area (Å²) in [7, 11) is -9.84. The van der Waals surface area contributed by atoms with Crippen molar-refractivity contribution in [3.05, 3.63) is 35.4 Å². The molecule has 106 valence electrons. The zero-order valence-electron chi connectivity index (χ0n) is 9.88. The van der Waals surface area contributed by atoms with Gasteiger partial charge in [-0.3, -0.25) is 14.4 Å². The number of rotatable bonds is 4. The monoisotopic (exact) mass is 307 g/mol. The van der Waals surface area contributed by atoms with Gasteiger partial charge in [0.2, 0.25) is 5.52 Å². The van der Waals surface area contributed by atoms with Crippen LogP contribution in [0, 0.1) is 0 Å². The van der Waals surface area contributed by atoms with Crippen LogP contribution in [0.2, 0.25) is 0 Å². The van der Waals surface area contributed by atoms with E-state index in [-0.39, 0.29) is 6.04 Å². The van der Waals surface area contributed by atoms with E-state index in [1.54, 1.807) is 0 Å². The largest absolute Gasteiger partial charge is 0.354 e. The Morgan fingerprint density at radius 2 is 1.42 bits per heavy atom. The Morgan fingerprint density at radius 3 is 1.79 bits per heavy atom. The molecular formula is C10H15NO6P2. The number of benzene rings is 1. The molecule has 0 aromatic heterocycles. The van der Waals surface area contributed by atoms with Gasteiger partial charge in [-0.25, -0.2) is 0 Å². The Morgan fingerprint density at radius 1 is 1.00 bits per heavy atom. The maximum Gasteiger partial charge on any atom is 0.354 e. The van der Waals surface area contributed by atoms with Crippen LogP contribution in [0.3, 0.4) is 0 Å². The fourth-order valence-corrected chi connectivity index (χ4v) is 4.66. The third-order valence-electron chi connectivity index (χ3n) is 3.07.